The highest BCUT2D eigenvalue weighted by Gasteiger charge is 2.46. The average Bonchev–Trinajstić information content (AvgIpc) is 2.16. The van der Waals surface area contributed by atoms with Gasteiger partial charge in [-0.2, -0.15) is 0 Å². The van der Waals surface area contributed by atoms with Gasteiger partial charge >= 0.3 is 0 Å². The van der Waals surface area contributed by atoms with E-state index in [1.807, 2.05) is 0 Å². The zero-order valence-corrected chi connectivity index (χ0v) is 8.29. The Kier molecular flexibility index (Phi) is 2.77. The first kappa shape index (κ1) is 10.3. The number of aliphatic hydroxyl groups is 2. The second-order valence-electron chi connectivity index (χ2n) is 3.86. The minimum atomic E-state index is -0.893. The van der Waals surface area contributed by atoms with Crippen LogP contribution in [0.25, 0.3) is 0 Å². The fraction of sp³-hybridized carbons (Fsp3) is 1.00. The predicted molar refractivity (Wildman–Crippen MR) is 46.6 cm³/mol. The molecule has 0 spiro atoms. The van der Waals surface area contributed by atoms with Crippen molar-refractivity contribution < 1.29 is 24.4 Å². The monoisotopic (exact) mass is 204 g/mol. The minimum Gasteiger partial charge on any atom is -0.388 e. The Morgan fingerprint density at radius 1 is 1.07 bits per heavy atom. The van der Waals surface area contributed by atoms with E-state index in [2.05, 4.69) is 0 Å². The van der Waals surface area contributed by atoms with E-state index in [4.69, 9.17) is 14.2 Å². The Morgan fingerprint density at radius 2 is 1.79 bits per heavy atom. The van der Waals surface area contributed by atoms with Crippen molar-refractivity contribution in [2.75, 3.05) is 6.61 Å². The van der Waals surface area contributed by atoms with Gasteiger partial charge in [0.05, 0.1) is 12.7 Å². The van der Waals surface area contributed by atoms with Crippen molar-refractivity contribution in [3.8, 4) is 0 Å². The lowest BCUT2D eigenvalue weighted by Crippen LogP contribution is -2.61. The normalized spacial score (nSPS) is 54.0. The van der Waals surface area contributed by atoms with Crippen LogP contribution in [0.15, 0.2) is 0 Å². The molecule has 0 aromatic rings. The molecule has 2 saturated heterocycles. The standard InChI is InChI=1S/C9H16O5/c1-4-7(10)8(11)9-6(13-4)3-12-5(2)14-9/h4-11H,3H2,1-2H3/t4-,5?,6?,7?,8+,9-/m0/s1. The van der Waals surface area contributed by atoms with Gasteiger partial charge in [0.15, 0.2) is 6.29 Å². The molecular formula is C9H16O5. The Morgan fingerprint density at radius 3 is 2.50 bits per heavy atom. The summed E-state index contributed by atoms with van der Waals surface area (Å²) < 4.78 is 16.1. The highest BCUT2D eigenvalue weighted by molar-refractivity contribution is 4.92. The van der Waals surface area contributed by atoms with Gasteiger partial charge < -0.3 is 24.4 Å². The van der Waals surface area contributed by atoms with Gasteiger partial charge in [0.2, 0.25) is 0 Å². The molecule has 0 aliphatic carbocycles. The number of rotatable bonds is 0. The molecule has 14 heavy (non-hydrogen) atoms. The summed E-state index contributed by atoms with van der Waals surface area (Å²) in [6.07, 6.45) is -3.27. The molecule has 2 heterocycles. The Balaban J connectivity index is 2.08. The molecule has 6 atom stereocenters. The van der Waals surface area contributed by atoms with Crippen LogP contribution in [-0.4, -0.2) is 53.6 Å². The zero-order valence-electron chi connectivity index (χ0n) is 8.29. The van der Waals surface area contributed by atoms with Crippen LogP contribution in [0.4, 0.5) is 0 Å². The van der Waals surface area contributed by atoms with Gasteiger partial charge in [-0.3, -0.25) is 0 Å². The number of hydrogen-bond acceptors (Lipinski definition) is 5. The molecule has 5 heteroatoms. The summed E-state index contributed by atoms with van der Waals surface area (Å²) >= 11 is 0. The number of fused-ring (bicyclic) bond motifs is 1. The molecule has 2 fully saturated rings. The van der Waals surface area contributed by atoms with E-state index in [0.29, 0.717) is 6.61 Å². The highest BCUT2D eigenvalue weighted by atomic mass is 16.7. The van der Waals surface area contributed by atoms with Gasteiger partial charge in [-0.25, -0.2) is 0 Å². The maximum Gasteiger partial charge on any atom is 0.155 e. The molecular weight excluding hydrogens is 188 g/mol. The minimum absolute atomic E-state index is 0.278. The molecule has 0 aromatic carbocycles. The topological polar surface area (TPSA) is 68.2 Å². The fourth-order valence-electron chi connectivity index (χ4n) is 1.92. The Labute approximate surface area is 82.6 Å². The molecule has 0 aromatic heterocycles. The molecule has 2 aliphatic rings. The van der Waals surface area contributed by atoms with Gasteiger partial charge in [0, 0.05) is 0 Å². The second kappa shape index (κ2) is 3.75. The van der Waals surface area contributed by atoms with Crippen molar-refractivity contribution in [1.82, 2.24) is 0 Å². The molecule has 0 bridgehead atoms. The first-order chi connectivity index (χ1) is 6.59. The third-order valence-electron chi connectivity index (χ3n) is 2.77. The molecule has 5 nitrogen and oxygen atoms in total. The average molecular weight is 204 g/mol. The SMILES string of the molecule is CC1OCC2O[C@@H](C)C(O)[C@@H](O)[C@H]2O1. The van der Waals surface area contributed by atoms with Crippen molar-refractivity contribution in [3.63, 3.8) is 0 Å². The maximum atomic E-state index is 9.75. The van der Waals surface area contributed by atoms with Gasteiger partial charge in [0.1, 0.15) is 24.4 Å². The lowest BCUT2D eigenvalue weighted by molar-refractivity contribution is -0.318. The quantitative estimate of drug-likeness (QED) is 0.544. The largest absolute Gasteiger partial charge is 0.388 e. The number of aliphatic hydroxyl groups excluding tert-OH is 2. The molecule has 82 valence electrons. The van der Waals surface area contributed by atoms with Crippen LogP contribution < -0.4 is 0 Å². The first-order valence-electron chi connectivity index (χ1n) is 4.88. The van der Waals surface area contributed by atoms with E-state index in [-0.39, 0.29) is 18.5 Å². The maximum absolute atomic E-state index is 9.75. The molecule has 2 N–H and O–H groups in total. The van der Waals surface area contributed by atoms with Crippen LogP contribution >= 0.6 is 0 Å². The summed E-state index contributed by atoms with van der Waals surface area (Å²) in [4.78, 5) is 0. The summed E-state index contributed by atoms with van der Waals surface area (Å²) in [5, 5.41) is 19.3. The summed E-state index contributed by atoms with van der Waals surface area (Å²) in [6.45, 7) is 3.88. The highest BCUT2D eigenvalue weighted by Crippen LogP contribution is 2.27. The van der Waals surface area contributed by atoms with E-state index in [1.165, 1.54) is 0 Å². The summed E-state index contributed by atoms with van der Waals surface area (Å²) in [7, 11) is 0. The van der Waals surface area contributed by atoms with Crippen molar-refractivity contribution in [3.05, 3.63) is 0 Å². The van der Waals surface area contributed by atoms with Crippen LogP contribution in [0.1, 0.15) is 13.8 Å². The van der Waals surface area contributed by atoms with Gasteiger partial charge in [0.25, 0.3) is 0 Å². The van der Waals surface area contributed by atoms with Crippen molar-refractivity contribution in [2.45, 2.75) is 50.7 Å². The van der Waals surface area contributed by atoms with Gasteiger partial charge in [-0.15, -0.1) is 0 Å². The van der Waals surface area contributed by atoms with E-state index in [1.54, 1.807) is 13.8 Å². The molecule has 0 radical (unpaired) electrons. The molecule has 2 aliphatic heterocycles. The predicted octanol–water partition coefficient (Wildman–Crippen LogP) is -0.743. The van der Waals surface area contributed by atoms with E-state index in [9.17, 15) is 10.2 Å². The van der Waals surface area contributed by atoms with Crippen LogP contribution in [0.3, 0.4) is 0 Å². The van der Waals surface area contributed by atoms with Gasteiger partial charge in [-0.1, -0.05) is 0 Å². The summed E-state index contributed by atoms with van der Waals surface area (Å²) in [6, 6.07) is 0. The third-order valence-corrected chi connectivity index (χ3v) is 2.77. The lowest BCUT2D eigenvalue weighted by atomic mass is 9.95. The summed E-state index contributed by atoms with van der Waals surface area (Å²) in [5.41, 5.74) is 0. The zero-order chi connectivity index (χ0) is 10.3. The Bertz CT molecular complexity index is 207. The van der Waals surface area contributed by atoms with Gasteiger partial charge in [-0.05, 0) is 13.8 Å². The first-order valence-corrected chi connectivity index (χ1v) is 4.88. The molecule has 2 rings (SSSR count). The molecule has 0 amide bonds. The Hall–Kier alpha value is -0.200. The van der Waals surface area contributed by atoms with Crippen LogP contribution in [0, 0.1) is 0 Å². The van der Waals surface area contributed by atoms with Crippen LogP contribution in [-0.2, 0) is 14.2 Å². The number of ether oxygens (including phenoxy) is 3. The van der Waals surface area contributed by atoms with E-state index in [0.717, 1.165) is 0 Å². The van der Waals surface area contributed by atoms with Crippen molar-refractivity contribution in [2.24, 2.45) is 0 Å². The smallest absolute Gasteiger partial charge is 0.155 e. The second-order valence-corrected chi connectivity index (χ2v) is 3.86. The van der Waals surface area contributed by atoms with Crippen LogP contribution in [0.5, 0.6) is 0 Å². The van der Waals surface area contributed by atoms with E-state index < -0.39 is 18.3 Å². The van der Waals surface area contributed by atoms with Crippen molar-refractivity contribution in [1.29, 1.82) is 0 Å². The van der Waals surface area contributed by atoms with Crippen molar-refractivity contribution >= 4 is 0 Å². The molecule has 0 saturated carbocycles. The summed E-state index contributed by atoms with van der Waals surface area (Å²) in [5.74, 6) is 0. The number of hydrogen-bond donors (Lipinski definition) is 2. The third kappa shape index (κ3) is 1.66. The van der Waals surface area contributed by atoms with Crippen LogP contribution in [0.2, 0.25) is 0 Å². The molecule has 3 unspecified atom stereocenters. The van der Waals surface area contributed by atoms with E-state index >= 15 is 0 Å². The fourth-order valence-corrected chi connectivity index (χ4v) is 1.92. The lowest BCUT2D eigenvalue weighted by Gasteiger charge is -2.45.